The molecule has 1 heterocycles. The summed E-state index contributed by atoms with van der Waals surface area (Å²) in [6.07, 6.45) is 0.445. The number of halogens is 1. The van der Waals surface area contributed by atoms with Gasteiger partial charge < -0.3 is 10.4 Å². The maximum absolute atomic E-state index is 10.5. The predicted octanol–water partition coefficient (Wildman–Crippen LogP) is 2.79. The number of hydrogen-bond donors (Lipinski definition) is 2. The second-order valence-corrected chi connectivity index (χ2v) is 4.54. The highest BCUT2D eigenvalue weighted by Crippen LogP contribution is 2.17. The molecule has 1 aromatic heterocycles. The van der Waals surface area contributed by atoms with E-state index in [1.54, 1.807) is 24.3 Å². The van der Waals surface area contributed by atoms with Gasteiger partial charge in [0.2, 0.25) is 0 Å². The standard InChI is InChI=1S/C13H12ClN3O3/c14-10-3-1-9(2-4-10)12(18)8-16-13-6-5-11(7-15-13)17(19)20/h1-7,12,18H,8H2,(H,15,16). The first kappa shape index (κ1) is 14.2. The van der Waals surface area contributed by atoms with Crippen LogP contribution in [0, 0.1) is 10.1 Å². The first-order valence-electron chi connectivity index (χ1n) is 5.84. The third-order valence-electron chi connectivity index (χ3n) is 2.69. The highest BCUT2D eigenvalue weighted by atomic mass is 35.5. The summed E-state index contributed by atoms with van der Waals surface area (Å²) in [6, 6.07) is 9.71. The molecule has 0 aliphatic rings. The van der Waals surface area contributed by atoms with Crippen molar-refractivity contribution in [2.45, 2.75) is 6.10 Å². The maximum Gasteiger partial charge on any atom is 0.287 e. The van der Waals surface area contributed by atoms with Crippen molar-refractivity contribution < 1.29 is 10.0 Å². The molecule has 6 nitrogen and oxygen atoms in total. The number of aromatic nitrogens is 1. The number of nitro groups is 1. The van der Waals surface area contributed by atoms with E-state index < -0.39 is 11.0 Å². The number of nitrogens with one attached hydrogen (secondary N) is 1. The molecule has 2 N–H and O–H groups in total. The van der Waals surface area contributed by atoms with Gasteiger partial charge in [-0.2, -0.15) is 0 Å². The Labute approximate surface area is 120 Å². The van der Waals surface area contributed by atoms with E-state index in [0.29, 0.717) is 10.8 Å². The van der Waals surface area contributed by atoms with Gasteiger partial charge in [0.05, 0.1) is 11.0 Å². The van der Waals surface area contributed by atoms with Crippen LogP contribution in [0.2, 0.25) is 5.02 Å². The van der Waals surface area contributed by atoms with E-state index >= 15 is 0 Å². The van der Waals surface area contributed by atoms with E-state index in [1.807, 2.05) is 0 Å². The summed E-state index contributed by atoms with van der Waals surface area (Å²) in [4.78, 5) is 13.9. The van der Waals surface area contributed by atoms with Crippen molar-refractivity contribution >= 4 is 23.1 Å². The third-order valence-corrected chi connectivity index (χ3v) is 2.94. The van der Waals surface area contributed by atoms with E-state index in [1.165, 1.54) is 12.1 Å². The summed E-state index contributed by atoms with van der Waals surface area (Å²) in [5.41, 5.74) is 0.651. The minimum absolute atomic E-state index is 0.0752. The zero-order valence-corrected chi connectivity index (χ0v) is 11.1. The van der Waals surface area contributed by atoms with E-state index in [2.05, 4.69) is 10.3 Å². The summed E-state index contributed by atoms with van der Waals surface area (Å²) in [5, 5.41) is 24.0. The zero-order chi connectivity index (χ0) is 14.5. The number of nitrogens with zero attached hydrogens (tertiary/aromatic N) is 2. The van der Waals surface area contributed by atoms with E-state index in [4.69, 9.17) is 11.6 Å². The largest absolute Gasteiger partial charge is 0.387 e. The summed E-state index contributed by atoms with van der Waals surface area (Å²) in [5.74, 6) is 0.462. The van der Waals surface area contributed by atoms with Gasteiger partial charge in [-0.1, -0.05) is 23.7 Å². The lowest BCUT2D eigenvalue weighted by atomic mass is 10.1. The Morgan fingerprint density at radius 1 is 1.30 bits per heavy atom. The Bertz CT molecular complexity index is 587. The van der Waals surface area contributed by atoms with Crippen molar-refractivity contribution in [3.8, 4) is 0 Å². The normalized spacial score (nSPS) is 11.9. The van der Waals surface area contributed by atoms with Crippen LogP contribution in [-0.4, -0.2) is 21.6 Å². The molecule has 0 saturated heterocycles. The maximum atomic E-state index is 10.5. The van der Waals surface area contributed by atoms with Gasteiger partial charge in [-0.15, -0.1) is 0 Å². The average molecular weight is 294 g/mol. The molecule has 1 aromatic carbocycles. The number of anilines is 1. The van der Waals surface area contributed by atoms with Crippen LogP contribution in [0.5, 0.6) is 0 Å². The van der Waals surface area contributed by atoms with Crippen LogP contribution in [0.15, 0.2) is 42.6 Å². The highest BCUT2D eigenvalue weighted by Gasteiger charge is 2.09. The van der Waals surface area contributed by atoms with Gasteiger partial charge in [-0.25, -0.2) is 4.98 Å². The lowest BCUT2D eigenvalue weighted by Crippen LogP contribution is -2.12. The van der Waals surface area contributed by atoms with Gasteiger partial charge in [0.1, 0.15) is 12.0 Å². The Hall–Kier alpha value is -2.18. The van der Waals surface area contributed by atoms with Gasteiger partial charge in [-0.05, 0) is 23.8 Å². The Morgan fingerprint density at radius 2 is 2.00 bits per heavy atom. The molecule has 2 aromatic rings. The summed E-state index contributed by atoms with van der Waals surface area (Å²) >= 11 is 5.77. The highest BCUT2D eigenvalue weighted by molar-refractivity contribution is 6.30. The van der Waals surface area contributed by atoms with Crippen molar-refractivity contribution in [1.82, 2.24) is 4.98 Å². The molecule has 0 spiro atoms. The van der Waals surface area contributed by atoms with Crippen molar-refractivity contribution in [1.29, 1.82) is 0 Å². The Balaban J connectivity index is 1.94. The summed E-state index contributed by atoms with van der Waals surface area (Å²) < 4.78 is 0. The summed E-state index contributed by atoms with van der Waals surface area (Å²) in [7, 11) is 0. The molecule has 1 atom stereocenters. The fourth-order valence-corrected chi connectivity index (χ4v) is 1.73. The molecule has 0 amide bonds. The topological polar surface area (TPSA) is 88.3 Å². The molecule has 1 unspecified atom stereocenters. The number of aliphatic hydroxyl groups excluding tert-OH is 1. The molecule has 0 radical (unpaired) electrons. The van der Waals surface area contributed by atoms with Crippen LogP contribution < -0.4 is 5.32 Å². The first-order valence-corrected chi connectivity index (χ1v) is 6.22. The second-order valence-electron chi connectivity index (χ2n) is 4.11. The molecular formula is C13H12ClN3O3. The molecule has 0 fully saturated rings. The van der Waals surface area contributed by atoms with Gasteiger partial charge in [-0.3, -0.25) is 10.1 Å². The van der Waals surface area contributed by atoms with Crippen molar-refractivity contribution in [2.24, 2.45) is 0 Å². The minimum Gasteiger partial charge on any atom is -0.387 e. The lowest BCUT2D eigenvalue weighted by molar-refractivity contribution is -0.385. The molecule has 2 rings (SSSR count). The average Bonchev–Trinajstić information content (AvgIpc) is 2.46. The molecular weight excluding hydrogens is 282 g/mol. The predicted molar refractivity (Wildman–Crippen MR) is 75.8 cm³/mol. The number of aliphatic hydroxyl groups is 1. The SMILES string of the molecule is O=[N+]([O-])c1ccc(NCC(O)c2ccc(Cl)cc2)nc1. The van der Waals surface area contributed by atoms with Crippen molar-refractivity contribution in [3.63, 3.8) is 0 Å². The van der Waals surface area contributed by atoms with Crippen molar-refractivity contribution in [3.05, 3.63) is 63.3 Å². The molecule has 20 heavy (non-hydrogen) atoms. The monoisotopic (exact) mass is 293 g/mol. The second kappa shape index (κ2) is 6.31. The fraction of sp³-hybridized carbons (Fsp3) is 0.154. The Morgan fingerprint density at radius 3 is 2.55 bits per heavy atom. The quantitative estimate of drug-likeness (QED) is 0.653. The molecule has 0 aliphatic heterocycles. The molecule has 0 saturated carbocycles. The van der Waals surface area contributed by atoms with Crippen LogP contribution in [-0.2, 0) is 0 Å². The molecule has 0 bridgehead atoms. The van der Waals surface area contributed by atoms with Gasteiger partial charge in [0.25, 0.3) is 5.69 Å². The van der Waals surface area contributed by atoms with Gasteiger partial charge in [0.15, 0.2) is 0 Å². The van der Waals surface area contributed by atoms with E-state index in [0.717, 1.165) is 11.8 Å². The number of hydrogen-bond acceptors (Lipinski definition) is 5. The minimum atomic E-state index is -0.718. The van der Waals surface area contributed by atoms with Crippen molar-refractivity contribution in [2.75, 3.05) is 11.9 Å². The van der Waals surface area contributed by atoms with Crippen LogP contribution in [0.3, 0.4) is 0 Å². The van der Waals surface area contributed by atoms with E-state index in [9.17, 15) is 15.2 Å². The first-order chi connectivity index (χ1) is 9.56. The number of pyridine rings is 1. The Kier molecular flexibility index (Phi) is 4.49. The van der Waals surface area contributed by atoms with Crippen LogP contribution in [0.1, 0.15) is 11.7 Å². The van der Waals surface area contributed by atoms with Gasteiger partial charge in [0, 0.05) is 17.6 Å². The third kappa shape index (κ3) is 3.66. The molecule has 7 heteroatoms. The molecule has 0 aliphatic carbocycles. The summed E-state index contributed by atoms with van der Waals surface area (Å²) in [6.45, 7) is 0.243. The number of benzene rings is 1. The van der Waals surface area contributed by atoms with E-state index in [-0.39, 0.29) is 12.2 Å². The van der Waals surface area contributed by atoms with Crippen LogP contribution in [0.25, 0.3) is 0 Å². The van der Waals surface area contributed by atoms with Gasteiger partial charge >= 0.3 is 0 Å². The fourth-order valence-electron chi connectivity index (χ4n) is 1.60. The van der Waals surface area contributed by atoms with Crippen LogP contribution in [0.4, 0.5) is 11.5 Å². The molecule has 104 valence electrons. The smallest absolute Gasteiger partial charge is 0.287 e. The lowest BCUT2D eigenvalue weighted by Gasteiger charge is -2.12. The van der Waals surface area contributed by atoms with Crippen LogP contribution >= 0.6 is 11.6 Å². The zero-order valence-electron chi connectivity index (χ0n) is 10.4. The number of rotatable bonds is 5.